The van der Waals surface area contributed by atoms with Gasteiger partial charge in [0.1, 0.15) is 11.9 Å². The largest absolute Gasteiger partial charge is 0.337 e. The Bertz CT molecular complexity index is 639. The van der Waals surface area contributed by atoms with E-state index in [1.165, 1.54) is 12.1 Å². The zero-order valence-corrected chi connectivity index (χ0v) is 11.8. The molecule has 1 fully saturated rings. The molecule has 1 aliphatic rings. The first kappa shape index (κ1) is 13.7. The third kappa shape index (κ3) is 2.94. The average Bonchev–Trinajstić information content (AvgIpc) is 3.09. The van der Waals surface area contributed by atoms with Crippen LogP contribution in [0.2, 0.25) is 0 Å². The van der Waals surface area contributed by atoms with E-state index in [9.17, 15) is 9.18 Å². The van der Waals surface area contributed by atoms with Crippen molar-refractivity contribution < 1.29 is 13.7 Å². The van der Waals surface area contributed by atoms with Crippen molar-refractivity contribution in [3.8, 4) is 0 Å². The lowest BCUT2D eigenvalue weighted by atomic mass is 10.1. The summed E-state index contributed by atoms with van der Waals surface area (Å²) in [7, 11) is 0. The normalized spacial score (nSPS) is 18.2. The summed E-state index contributed by atoms with van der Waals surface area (Å²) in [5.74, 6) is 0.770. The second kappa shape index (κ2) is 5.63. The summed E-state index contributed by atoms with van der Waals surface area (Å²) in [5.41, 5.74) is 0.800. The summed E-state index contributed by atoms with van der Waals surface area (Å²) in [6, 6.07) is 5.86. The van der Waals surface area contributed by atoms with Gasteiger partial charge in [-0.2, -0.15) is 4.98 Å². The first-order chi connectivity index (χ1) is 10.1. The molecule has 2 aromatic rings. The van der Waals surface area contributed by atoms with E-state index in [4.69, 9.17) is 4.52 Å². The van der Waals surface area contributed by atoms with Crippen molar-refractivity contribution in [3.05, 3.63) is 47.4 Å². The molecule has 0 N–H and O–H groups in total. The van der Waals surface area contributed by atoms with Crippen LogP contribution < -0.4 is 0 Å². The van der Waals surface area contributed by atoms with Gasteiger partial charge in [0.2, 0.25) is 11.8 Å². The van der Waals surface area contributed by atoms with E-state index >= 15 is 0 Å². The number of nitrogens with zero attached hydrogens (tertiary/aromatic N) is 3. The third-order valence-corrected chi connectivity index (χ3v) is 3.67. The van der Waals surface area contributed by atoms with Crippen molar-refractivity contribution in [3.63, 3.8) is 0 Å². The molecule has 6 heteroatoms. The highest BCUT2D eigenvalue weighted by molar-refractivity contribution is 5.79. The molecule has 0 aliphatic carbocycles. The first-order valence-corrected chi connectivity index (χ1v) is 6.97. The summed E-state index contributed by atoms with van der Waals surface area (Å²) in [5, 5.41) is 3.78. The van der Waals surface area contributed by atoms with Crippen LogP contribution in [0.25, 0.3) is 0 Å². The number of rotatable bonds is 3. The van der Waals surface area contributed by atoms with Crippen molar-refractivity contribution >= 4 is 5.91 Å². The molecule has 1 saturated heterocycles. The molecule has 1 aromatic carbocycles. The molecule has 2 heterocycles. The maximum absolute atomic E-state index is 12.9. The lowest BCUT2D eigenvalue weighted by molar-refractivity contribution is -0.131. The number of likely N-dealkylation sites (tertiary alicyclic amines) is 1. The Morgan fingerprint density at radius 1 is 1.43 bits per heavy atom. The van der Waals surface area contributed by atoms with Crippen LogP contribution in [0.5, 0.6) is 0 Å². The van der Waals surface area contributed by atoms with Crippen LogP contribution in [0.1, 0.15) is 36.2 Å². The van der Waals surface area contributed by atoms with Gasteiger partial charge in [0, 0.05) is 6.54 Å². The Kier molecular flexibility index (Phi) is 3.68. The number of carbonyl (C=O) groups excluding carboxylic acids is 1. The van der Waals surface area contributed by atoms with E-state index < -0.39 is 0 Å². The van der Waals surface area contributed by atoms with Crippen LogP contribution in [0, 0.1) is 12.7 Å². The van der Waals surface area contributed by atoms with Gasteiger partial charge in [0.25, 0.3) is 0 Å². The van der Waals surface area contributed by atoms with Crippen molar-refractivity contribution in [2.45, 2.75) is 32.2 Å². The highest BCUT2D eigenvalue weighted by atomic mass is 19.1. The zero-order chi connectivity index (χ0) is 14.8. The average molecular weight is 289 g/mol. The van der Waals surface area contributed by atoms with E-state index in [1.54, 1.807) is 24.0 Å². The monoisotopic (exact) mass is 289 g/mol. The summed E-state index contributed by atoms with van der Waals surface area (Å²) in [6.07, 6.45) is 2.00. The second-order valence-electron chi connectivity index (χ2n) is 5.23. The standard InChI is InChI=1S/C15H16FN3O2/c1-10-17-15(21-18-10)13-3-2-8-19(13)14(20)9-11-4-6-12(16)7-5-11/h4-7,13H,2-3,8-9H2,1H3. The number of hydrogen-bond acceptors (Lipinski definition) is 4. The van der Waals surface area contributed by atoms with E-state index in [0.29, 0.717) is 18.3 Å². The van der Waals surface area contributed by atoms with E-state index in [1.807, 2.05) is 0 Å². The number of halogens is 1. The predicted octanol–water partition coefficient (Wildman–Crippen LogP) is 2.42. The highest BCUT2D eigenvalue weighted by Crippen LogP contribution is 2.31. The zero-order valence-electron chi connectivity index (χ0n) is 11.8. The molecule has 1 aliphatic heterocycles. The van der Waals surface area contributed by atoms with Gasteiger partial charge in [-0.1, -0.05) is 17.3 Å². The van der Waals surface area contributed by atoms with Gasteiger partial charge in [-0.25, -0.2) is 4.39 Å². The van der Waals surface area contributed by atoms with Crippen LogP contribution in [0.4, 0.5) is 4.39 Å². The molecule has 3 rings (SSSR count). The maximum Gasteiger partial charge on any atom is 0.249 e. The molecule has 110 valence electrons. The summed E-state index contributed by atoms with van der Waals surface area (Å²) >= 11 is 0. The minimum absolute atomic E-state index is 0.0000359. The number of benzene rings is 1. The smallest absolute Gasteiger partial charge is 0.249 e. The molecule has 0 saturated carbocycles. The lowest BCUT2D eigenvalue weighted by Gasteiger charge is -2.21. The van der Waals surface area contributed by atoms with E-state index in [0.717, 1.165) is 18.4 Å². The topological polar surface area (TPSA) is 59.2 Å². The third-order valence-electron chi connectivity index (χ3n) is 3.67. The number of aromatic nitrogens is 2. The van der Waals surface area contributed by atoms with Crippen molar-refractivity contribution in [2.75, 3.05) is 6.54 Å². The first-order valence-electron chi connectivity index (χ1n) is 6.97. The molecular weight excluding hydrogens is 273 g/mol. The molecule has 5 nitrogen and oxygen atoms in total. The molecule has 0 radical (unpaired) electrons. The van der Waals surface area contributed by atoms with Gasteiger partial charge in [-0.3, -0.25) is 4.79 Å². The van der Waals surface area contributed by atoms with Crippen LogP contribution in [-0.4, -0.2) is 27.5 Å². The molecule has 1 aromatic heterocycles. The maximum atomic E-state index is 12.9. The molecule has 0 bridgehead atoms. The van der Waals surface area contributed by atoms with Crippen LogP contribution in [0.3, 0.4) is 0 Å². The van der Waals surface area contributed by atoms with Gasteiger partial charge in [-0.05, 0) is 37.5 Å². The Hall–Kier alpha value is -2.24. The predicted molar refractivity (Wildman–Crippen MR) is 72.8 cm³/mol. The Morgan fingerprint density at radius 3 is 2.86 bits per heavy atom. The van der Waals surface area contributed by atoms with E-state index in [-0.39, 0.29) is 24.2 Å². The van der Waals surface area contributed by atoms with Crippen molar-refractivity contribution in [1.29, 1.82) is 0 Å². The fourth-order valence-corrected chi connectivity index (χ4v) is 2.65. The summed E-state index contributed by atoms with van der Waals surface area (Å²) < 4.78 is 18.1. The Morgan fingerprint density at radius 2 is 2.19 bits per heavy atom. The van der Waals surface area contributed by atoms with E-state index in [2.05, 4.69) is 10.1 Å². The SMILES string of the molecule is Cc1noc(C2CCCN2C(=O)Cc2ccc(F)cc2)n1. The Labute approximate surface area is 121 Å². The quantitative estimate of drug-likeness (QED) is 0.870. The minimum Gasteiger partial charge on any atom is -0.337 e. The fourth-order valence-electron chi connectivity index (χ4n) is 2.65. The van der Waals surface area contributed by atoms with Gasteiger partial charge >= 0.3 is 0 Å². The molecule has 1 unspecified atom stereocenters. The summed E-state index contributed by atoms with van der Waals surface area (Å²) in [6.45, 7) is 2.44. The number of carbonyl (C=O) groups is 1. The highest BCUT2D eigenvalue weighted by Gasteiger charge is 2.33. The number of amides is 1. The van der Waals surface area contributed by atoms with Gasteiger partial charge < -0.3 is 9.42 Å². The molecule has 1 atom stereocenters. The number of hydrogen-bond donors (Lipinski definition) is 0. The van der Waals surface area contributed by atoms with Crippen LogP contribution in [-0.2, 0) is 11.2 Å². The number of aryl methyl sites for hydroxylation is 1. The fraction of sp³-hybridized carbons (Fsp3) is 0.400. The van der Waals surface area contributed by atoms with Crippen molar-refractivity contribution in [2.24, 2.45) is 0 Å². The lowest BCUT2D eigenvalue weighted by Crippen LogP contribution is -2.32. The molecule has 0 spiro atoms. The molecular formula is C15H16FN3O2. The van der Waals surface area contributed by atoms with Gasteiger partial charge in [0.15, 0.2) is 5.82 Å². The molecule has 21 heavy (non-hydrogen) atoms. The van der Waals surface area contributed by atoms with Gasteiger partial charge in [-0.15, -0.1) is 0 Å². The Balaban J connectivity index is 1.72. The second-order valence-corrected chi connectivity index (χ2v) is 5.23. The van der Waals surface area contributed by atoms with Crippen LogP contribution in [0.15, 0.2) is 28.8 Å². The van der Waals surface area contributed by atoms with Gasteiger partial charge in [0.05, 0.1) is 6.42 Å². The molecule has 1 amide bonds. The minimum atomic E-state index is -0.299. The summed E-state index contributed by atoms with van der Waals surface area (Å²) in [4.78, 5) is 18.4. The van der Waals surface area contributed by atoms with Crippen molar-refractivity contribution in [1.82, 2.24) is 15.0 Å². The van der Waals surface area contributed by atoms with Crippen LogP contribution >= 0.6 is 0 Å².